The number of para-hydroxylation sites is 2. The van der Waals surface area contributed by atoms with Gasteiger partial charge in [-0.25, -0.2) is 0 Å². The number of nitrogens with zero attached hydrogens (tertiary/aromatic N) is 5. The molecule has 8 heteroatoms. The van der Waals surface area contributed by atoms with E-state index in [1.54, 1.807) is 23.9 Å². The zero-order valence-electron chi connectivity index (χ0n) is 15.8. The quantitative estimate of drug-likeness (QED) is 0.506. The smallest absolute Gasteiger partial charge is 0.281 e. The summed E-state index contributed by atoms with van der Waals surface area (Å²) in [6.07, 6.45) is 0.490. The molecule has 148 valence electrons. The molecule has 30 heavy (non-hydrogen) atoms. The number of carbonyl (C=O) groups excluding carboxylic acids is 1. The fraction of sp³-hybridized carbons (Fsp3) is 0.0909. The van der Waals surface area contributed by atoms with Crippen LogP contribution in [-0.2, 0) is 6.42 Å². The van der Waals surface area contributed by atoms with Crippen molar-refractivity contribution in [2.45, 2.75) is 16.2 Å². The van der Waals surface area contributed by atoms with Crippen molar-refractivity contribution in [2.24, 2.45) is 0 Å². The minimum Gasteiger partial charge on any atom is -0.508 e. The Bertz CT molecular complexity index is 1180. The second-order valence-electron chi connectivity index (χ2n) is 6.80. The Morgan fingerprint density at radius 1 is 0.900 bits per heavy atom. The first kappa shape index (κ1) is 18.4. The molecule has 0 bridgehead atoms. The SMILES string of the molecule is O=C(c1ccc(O)cc1)n1nnnc1CCN1c2ccccc2Sc2ccccc21. The lowest BCUT2D eigenvalue weighted by Gasteiger charge is -2.32. The van der Waals surface area contributed by atoms with Gasteiger partial charge in [0.1, 0.15) is 5.75 Å². The summed E-state index contributed by atoms with van der Waals surface area (Å²) in [6, 6.07) is 22.6. The van der Waals surface area contributed by atoms with Gasteiger partial charge < -0.3 is 10.0 Å². The van der Waals surface area contributed by atoms with Crippen molar-refractivity contribution in [3.63, 3.8) is 0 Å². The lowest BCUT2D eigenvalue weighted by Crippen LogP contribution is -2.25. The molecule has 3 aromatic carbocycles. The summed E-state index contributed by atoms with van der Waals surface area (Å²) in [5.41, 5.74) is 2.67. The number of fused-ring (bicyclic) bond motifs is 2. The molecular weight excluding hydrogens is 398 g/mol. The number of hydrogen-bond donors (Lipinski definition) is 1. The molecule has 0 unspecified atom stereocenters. The zero-order valence-corrected chi connectivity index (χ0v) is 16.7. The Labute approximate surface area is 177 Å². The number of phenols is 1. The van der Waals surface area contributed by atoms with Crippen LogP contribution < -0.4 is 4.90 Å². The Morgan fingerprint density at radius 3 is 2.20 bits per heavy atom. The van der Waals surface area contributed by atoms with E-state index in [1.807, 2.05) is 24.3 Å². The Morgan fingerprint density at radius 2 is 1.53 bits per heavy atom. The van der Waals surface area contributed by atoms with Gasteiger partial charge in [0.05, 0.1) is 11.4 Å². The first-order valence-corrected chi connectivity index (χ1v) is 10.3. The minimum atomic E-state index is -0.329. The first-order valence-electron chi connectivity index (χ1n) is 9.45. The summed E-state index contributed by atoms with van der Waals surface area (Å²) in [6.45, 7) is 0.623. The van der Waals surface area contributed by atoms with Gasteiger partial charge >= 0.3 is 0 Å². The van der Waals surface area contributed by atoms with Crippen molar-refractivity contribution in [1.29, 1.82) is 0 Å². The monoisotopic (exact) mass is 415 g/mol. The summed E-state index contributed by atoms with van der Waals surface area (Å²) in [7, 11) is 0. The maximum atomic E-state index is 12.8. The van der Waals surface area contributed by atoms with Crippen molar-refractivity contribution in [1.82, 2.24) is 20.2 Å². The summed E-state index contributed by atoms with van der Waals surface area (Å²) in [4.78, 5) is 17.4. The van der Waals surface area contributed by atoms with E-state index in [-0.39, 0.29) is 11.7 Å². The average molecular weight is 415 g/mol. The molecule has 0 saturated carbocycles. The molecule has 1 aliphatic rings. The maximum absolute atomic E-state index is 12.8. The number of carbonyl (C=O) groups is 1. The van der Waals surface area contributed by atoms with Crippen molar-refractivity contribution in [2.75, 3.05) is 11.4 Å². The van der Waals surface area contributed by atoms with Crippen LogP contribution in [-0.4, -0.2) is 37.8 Å². The number of aromatic nitrogens is 4. The fourth-order valence-corrected chi connectivity index (χ4v) is 4.58. The molecule has 1 N–H and O–H groups in total. The molecule has 2 heterocycles. The molecule has 0 saturated heterocycles. The number of rotatable bonds is 4. The molecule has 4 aromatic rings. The number of tetrazole rings is 1. The fourth-order valence-electron chi connectivity index (χ4n) is 3.48. The van der Waals surface area contributed by atoms with Crippen LogP contribution in [0.2, 0.25) is 0 Å². The van der Waals surface area contributed by atoms with Gasteiger partial charge in [-0.05, 0) is 59.0 Å². The molecule has 0 aliphatic carbocycles. The van der Waals surface area contributed by atoms with Crippen molar-refractivity contribution in [3.05, 3.63) is 84.2 Å². The Kier molecular flexibility index (Phi) is 4.68. The summed E-state index contributed by atoms with van der Waals surface area (Å²) < 4.78 is 1.23. The van der Waals surface area contributed by atoms with E-state index in [0.717, 1.165) is 11.4 Å². The van der Waals surface area contributed by atoms with E-state index in [9.17, 15) is 9.90 Å². The Hall–Kier alpha value is -3.65. The van der Waals surface area contributed by atoms with Gasteiger partial charge in [0, 0.05) is 28.3 Å². The van der Waals surface area contributed by atoms with E-state index in [2.05, 4.69) is 44.7 Å². The largest absolute Gasteiger partial charge is 0.508 e. The third-order valence-electron chi connectivity index (χ3n) is 4.93. The molecule has 7 nitrogen and oxygen atoms in total. The van der Waals surface area contributed by atoms with Gasteiger partial charge in [-0.2, -0.15) is 4.68 Å². The van der Waals surface area contributed by atoms with Crippen LogP contribution in [0.25, 0.3) is 0 Å². The van der Waals surface area contributed by atoms with Crippen molar-refractivity contribution < 1.29 is 9.90 Å². The van der Waals surface area contributed by atoms with E-state index < -0.39 is 0 Å². The third-order valence-corrected chi connectivity index (χ3v) is 6.06. The molecule has 0 amide bonds. The standard InChI is InChI=1S/C22H17N5O2S/c28-16-11-9-15(10-12-16)22(29)27-21(23-24-25-27)13-14-26-17-5-1-3-7-19(17)30-20-8-4-2-6-18(20)26/h1-12,28H,13-14H2. The second kappa shape index (κ2) is 7.64. The molecule has 0 atom stereocenters. The number of anilines is 2. The number of benzene rings is 3. The van der Waals surface area contributed by atoms with E-state index in [4.69, 9.17) is 0 Å². The summed E-state index contributed by atoms with van der Waals surface area (Å²) in [5, 5.41) is 21.1. The number of phenolic OH excluding ortho intramolecular Hbond substituents is 1. The van der Waals surface area contributed by atoms with Gasteiger partial charge in [0.25, 0.3) is 5.91 Å². The molecule has 0 spiro atoms. The predicted octanol–water partition coefficient (Wildman–Crippen LogP) is 3.91. The van der Waals surface area contributed by atoms with Crippen LogP contribution in [0, 0.1) is 0 Å². The van der Waals surface area contributed by atoms with Gasteiger partial charge in [-0.1, -0.05) is 36.0 Å². The van der Waals surface area contributed by atoms with E-state index >= 15 is 0 Å². The first-order chi connectivity index (χ1) is 14.7. The highest BCUT2D eigenvalue weighted by atomic mass is 32.2. The molecule has 0 fully saturated rings. The zero-order chi connectivity index (χ0) is 20.5. The normalized spacial score (nSPS) is 12.3. The van der Waals surface area contributed by atoms with Crippen LogP contribution in [0.15, 0.2) is 82.6 Å². The lowest BCUT2D eigenvalue weighted by atomic mass is 10.2. The number of aromatic hydroxyl groups is 1. The highest BCUT2D eigenvalue weighted by molar-refractivity contribution is 7.99. The molecule has 1 aliphatic heterocycles. The number of hydrogen-bond acceptors (Lipinski definition) is 7. The molecular formula is C22H17N5O2S. The van der Waals surface area contributed by atoms with Crippen LogP contribution in [0.5, 0.6) is 5.75 Å². The topological polar surface area (TPSA) is 84.1 Å². The lowest BCUT2D eigenvalue weighted by molar-refractivity contribution is 0.0939. The van der Waals surface area contributed by atoms with Gasteiger partial charge in [-0.3, -0.25) is 4.79 Å². The summed E-state index contributed by atoms with van der Waals surface area (Å²) in [5.74, 6) is 0.259. The second-order valence-corrected chi connectivity index (χ2v) is 7.88. The van der Waals surface area contributed by atoms with Gasteiger partial charge in [0.15, 0.2) is 5.82 Å². The summed E-state index contributed by atoms with van der Waals surface area (Å²) >= 11 is 1.75. The van der Waals surface area contributed by atoms with Crippen LogP contribution in [0.1, 0.15) is 16.2 Å². The van der Waals surface area contributed by atoms with Crippen LogP contribution >= 0.6 is 11.8 Å². The van der Waals surface area contributed by atoms with E-state index in [1.165, 1.54) is 26.6 Å². The van der Waals surface area contributed by atoms with Crippen molar-refractivity contribution >= 4 is 29.0 Å². The van der Waals surface area contributed by atoms with Gasteiger partial charge in [0.2, 0.25) is 0 Å². The molecule has 1 aromatic heterocycles. The Balaban J connectivity index is 1.42. The van der Waals surface area contributed by atoms with Crippen LogP contribution in [0.4, 0.5) is 11.4 Å². The average Bonchev–Trinajstić information content (AvgIpc) is 3.25. The third kappa shape index (κ3) is 3.31. The predicted molar refractivity (Wildman–Crippen MR) is 113 cm³/mol. The molecule has 5 rings (SSSR count). The highest BCUT2D eigenvalue weighted by Crippen LogP contribution is 2.47. The highest BCUT2D eigenvalue weighted by Gasteiger charge is 2.24. The molecule has 0 radical (unpaired) electrons. The van der Waals surface area contributed by atoms with Crippen molar-refractivity contribution in [3.8, 4) is 5.75 Å². The maximum Gasteiger partial charge on any atom is 0.281 e. The van der Waals surface area contributed by atoms with Gasteiger partial charge in [-0.15, -0.1) is 5.10 Å². The van der Waals surface area contributed by atoms with Crippen LogP contribution in [0.3, 0.4) is 0 Å². The van der Waals surface area contributed by atoms with E-state index in [0.29, 0.717) is 24.4 Å². The minimum absolute atomic E-state index is 0.101.